The summed E-state index contributed by atoms with van der Waals surface area (Å²) in [5, 5.41) is 0. The number of carbonyl (C=O) groups excluding carboxylic acids is 1. The van der Waals surface area contributed by atoms with Gasteiger partial charge in [-0.1, -0.05) is 13.3 Å². The van der Waals surface area contributed by atoms with Crippen molar-refractivity contribution in [3.63, 3.8) is 0 Å². The molecule has 0 aliphatic carbocycles. The van der Waals surface area contributed by atoms with Crippen molar-refractivity contribution in [1.29, 1.82) is 0 Å². The van der Waals surface area contributed by atoms with Crippen LogP contribution in [0.3, 0.4) is 0 Å². The molecule has 0 fully saturated rings. The van der Waals surface area contributed by atoms with E-state index in [0.717, 1.165) is 18.5 Å². The first-order chi connectivity index (χ1) is 7.95. The number of nitrogen functional groups attached to an aromatic ring is 1. The van der Waals surface area contributed by atoms with Gasteiger partial charge in [0, 0.05) is 24.3 Å². The molecular weight excluding hydrogens is 214 g/mol. The van der Waals surface area contributed by atoms with E-state index < -0.39 is 0 Å². The topological polar surface area (TPSA) is 59.2 Å². The summed E-state index contributed by atoms with van der Waals surface area (Å²) in [4.78, 5) is 18.1. The van der Waals surface area contributed by atoms with Gasteiger partial charge in [-0.2, -0.15) is 0 Å². The second kappa shape index (κ2) is 5.66. The van der Waals surface area contributed by atoms with Gasteiger partial charge < -0.3 is 10.6 Å². The maximum atomic E-state index is 12.1. The Hall–Kier alpha value is -1.58. The molecule has 1 rings (SSSR count). The smallest absolute Gasteiger partial charge is 0.254 e. The lowest BCUT2D eigenvalue weighted by Crippen LogP contribution is -2.33. The van der Waals surface area contributed by atoms with Crippen molar-refractivity contribution in [1.82, 2.24) is 9.88 Å². The average Bonchev–Trinajstić information content (AvgIpc) is 2.26. The van der Waals surface area contributed by atoms with E-state index in [1.807, 2.05) is 19.9 Å². The molecule has 94 valence electrons. The maximum absolute atomic E-state index is 12.1. The number of aromatic nitrogens is 1. The number of nitrogens with two attached hydrogens (primary N) is 1. The lowest BCUT2D eigenvalue weighted by Gasteiger charge is -2.21. The van der Waals surface area contributed by atoms with Crippen molar-refractivity contribution < 1.29 is 4.79 Å². The first-order valence-electron chi connectivity index (χ1n) is 5.99. The molecule has 0 aliphatic heterocycles. The van der Waals surface area contributed by atoms with Crippen LogP contribution in [0.5, 0.6) is 0 Å². The highest BCUT2D eigenvalue weighted by Gasteiger charge is 2.15. The lowest BCUT2D eigenvalue weighted by molar-refractivity contribution is 0.0754. The van der Waals surface area contributed by atoms with E-state index >= 15 is 0 Å². The van der Waals surface area contributed by atoms with Crippen LogP contribution in [0.2, 0.25) is 0 Å². The summed E-state index contributed by atoms with van der Waals surface area (Å²) >= 11 is 0. The van der Waals surface area contributed by atoms with Gasteiger partial charge in [0.1, 0.15) is 5.82 Å². The Morgan fingerprint density at radius 2 is 2.12 bits per heavy atom. The number of pyridine rings is 1. The molecule has 2 N–H and O–H groups in total. The van der Waals surface area contributed by atoms with E-state index in [9.17, 15) is 4.79 Å². The molecule has 0 saturated carbocycles. The van der Waals surface area contributed by atoms with E-state index in [-0.39, 0.29) is 11.9 Å². The Morgan fingerprint density at radius 1 is 1.47 bits per heavy atom. The van der Waals surface area contributed by atoms with Crippen LogP contribution < -0.4 is 5.73 Å². The second-order valence-corrected chi connectivity index (χ2v) is 4.53. The van der Waals surface area contributed by atoms with Crippen LogP contribution in [0.25, 0.3) is 0 Å². The van der Waals surface area contributed by atoms with E-state index in [1.165, 1.54) is 0 Å². The number of hydrogen-bond acceptors (Lipinski definition) is 3. The van der Waals surface area contributed by atoms with Crippen molar-refractivity contribution in [2.45, 2.75) is 39.7 Å². The number of rotatable bonds is 4. The van der Waals surface area contributed by atoms with Crippen molar-refractivity contribution in [3.8, 4) is 0 Å². The minimum Gasteiger partial charge on any atom is -0.384 e. The molecule has 0 atom stereocenters. The zero-order valence-electron chi connectivity index (χ0n) is 11.0. The average molecular weight is 235 g/mol. The zero-order valence-corrected chi connectivity index (χ0v) is 11.0. The van der Waals surface area contributed by atoms with E-state index in [0.29, 0.717) is 11.4 Å². The SMILES string of the molecule is CCCc1cc(C(=O)N(C)C(C)C)cc(N)n1. The third-order valence-electron chi connectivity index (χ3n) is 2.75. The Balaban J connectivity index is 3.01. The Bertz CT molecular complexity index is 402. The third-order valence-corrected chi connectivity index (χ3v) is 2.75. The van der Waals surface area contributed by atoms with Crippen LogP contribution in [0.15, 0.2) is 12.1 Å². The first kappa shape index (κ1) is 13.5. The van der Waals surface area contributed by atoms with Gasteiger partial charge in [0.15, 0.2) is 0 Å². The summed E-state index contributed by atoms with van der Waals surface area (Å²) in [7, 11) is 1.79. The number of hydrogen-bond donors (Lipinski definition) is 1. The highest BCUT2D eigenvalue weighted by atomic mass is 16.2. The van der Waals surface area contributed by atoms with Gasteiger partial charge in [-0.05, 0) is 32.4 Å². The fourth-order valence-corrected chi connectivity index (χ4v) is 1.56. The summed E-state index contributed by atoms with van der Waals surface area (Å²) < 4.78 is 0. The van der Waals surface area contributed by atoms with Crippen LogP contribution in [0, 0.1) is 0 Å². The standard InChI is InChI=1S/C13H21N3O/c1-5-6-11-7-10(8-12(14)15-11)13(17)16(4)9(2)3/h7-9H,5-6H2,1-4H3,(H2,14,15). The molecule has 4 nitrogen and oxygen atoms in total. The molecule has 4 heteroatoms. The molecule has 17 heavy (non-hydrogen) atoms. The molecule has 1 heterocycles. The molecule has 0 saturated heterocycles. The zero-order chi connectivity index (χ0) is 13.0. The largest absolute Gasteiger partial charge is 0.384 e. The minimum absolute atomic E-state index is 0.00791. The quantitative estimate of drug-likeness (QED) is 0.869. The fourth-order valence-electron chi connectivity index (χ4n) is 1.56. The van der Waals surface area contributed by atoms with E-state index in [1.54, 1.807) is 18.0 Å². The van der Waals surface area contributed by atoms with Gasteiger partial charge in [0.2, 0.25) is 0 Å². The molecule has 1 aromatic rings. The number of nitrogens with zero attached hydrogens (tertiary/aromatic N) is 2. The number of anilines is 1. The highest BCUT2D eigenvalue weighted by molar-refractivity contribution is 5.95. The molecule has 0 radical (unpaired) electrons. The number of carbonyl (C=O) groups is 1. The summed E-state index contributed by atoms with van der Waals surface area (Å²) in [6, 6.07) is 3.65. The van der Waals surface area contributed by atoms with Gasteiger partial charge >= 0.3 is 0 Å². The molecule has 0 unspecified atom stereocenters. The van der Waals surface area contributed by atoms with Gasteiger partial charge in [-0.3, -0.25) is 4.79 Å². The second-order valence-electron chi connectivity index (χ2n) is 4.53. The van der Waals surface area contributed by atoms with Crippen molar-refractivity contribution in [2.24, 2.45) is 0 Å². The minimum atomic E-state index is -0.00791. The van der Waals surface area contributed by atoms with Crippen molar-refractivity contribution >= 4 is 11.7 Å². The fraction of sp³-hybridized carbons (Fsp3) is 0.538. The normalized spacial score (nSPS) is 10.6. The van der Waals surface area contributed by atoms with Gasteiger partial charge in [0.05, 0.1) is 0 Å². The molecule has 1 aromatic heterocycles. The van der Waals surface area contributed by atoms with Crippen LogP contribution in [0.4, 0.5) is 5.82 Å². The summed E-state index contributed by atoms with van der Waals surface area (Å²) in [6.45, 7) is 6.04. The maximum Gasteiger partial charge on any atom is 0.254 e. The molecule has 1 amide bonds. The van der Waals surface area contributed by atoms with Gasteiger partial charge in [-0.15, -0.1) is 0 Å². The Kier molecular flexibility index (Phi) is 4.49. The monoisotopic (exact) mass is 235 g/mol. The summed E-state index contributed by atoms with van der Waals surface area (Å²) in [6.07, 6.45) is 1.83. The number of aryl methyl sites for hydroxylation is 1. The first-order valence-corrected chi connectivity index (χ1v) is 5.99. The Morgan fingerprint density at radius 3 is 2.65 bits per heavy atom. The lowest BCUT2D eigenvalue weighted by atomic mass is 10.1. The molecule has 0 spiro atoms. The summed E-state index contributed by atoms with van der Waals surface area (Å²) in [5.74, 6) is 0.405. The predicted octanol–water partition coefficient (Wildman–Crippen LogP) is 2.10. The van der Waals surface area contributed by atoms with Crippen LogP contribution in [-0.2, 0) is 6.42 Å². The predicted molar refractivity (Wildman–Crippen MR) is 69.9 cm³/mol. The van der Waals surface area contributed by atoms with Crippen LogP contribution >= 0.6 is 0 Å². The number of amides is 1. The molecule has 0 aliphatic rings. The van der Waals surface area contributed by atoms with Crippen LogP contribution in [-0.4, -0.2) is 28.9 Å². The summed E-state index contributed by atoms with van der Waals surface area (Å²) in [5.41, 5.74) is 7.23. The van der Waals surface area contributed by atoms with Crippen LogP contribution in [0.1, 0.15) is 43.2 Å². The molecule has 0 bridgehead atoms. The van der Waals surface area contributed by atoms with Gasteiger partial charge in [-0.25, -0.2) is 4.98 Å². The van der Waals surface area contributed by atoms with Crippen molar-refractivity contribution in [3.05, 3.63) is 23.4 Å². The van der Waals surface area contributed by atoms with Crippen molar-refractivity contribution in [2.75, 3.05) is 12.8 Å². The highest BCUT2D eigenvalue weighted by Crippen LogP contribution is 2.12. The third kappa shape index (κ3) is 3.44. The van der Waals surface area contributed by atoms with E-state index in [4.69, 9.17) is 5.73 Å². The Labute approximate surface area is 103 Å². The molecule has 0 aromatic carbocycles. The molecular formula is C13H21N3O. The van der Waals surface area contributed by atoms with Gasteiger partial charge in [0.25, 0.3) is 5.91 Å². The van der Waals surface area contributed by atoms with E-state index in [2.05, 4.69) is 11.9 Å².